The lowest BCUT2D eigenvalue weighted by Gasteiger charge is -2.21. The van der Waals surface area contributed by atoms with Crippen LogP contribution in [0.3, 0.4) is 0 Å². The van der Waals surface area contributed by atoms with E-state index in [1.54, 1.807) is 0 Å². The van der Waals surface area contributed by atoms with Crippen molar-refractivity contribution < 1.29 is 8.42 Å². The van der Waals surface area contributed by atoms with Gasteiger partial charge in [-0.15, -0.1) is 0 Å². The van der Waals surface area contributed by atoms with E-state index in [9.17, 15) is 8.42 Å². The molecular formula is C16H35N3O2S2. The molecule has 0 atom stereocenters. The van der Waals surface area contributed by atoms with Gasteiger partial charge in [-0.05, 0) is 47.1 Å². The van der Waals surface area contributed by atoms with E-state index in [4.69, 9.17) is 0 Å². The minimum atomic E-state index is -2.66. The molecule has 0 aromatic rings. The molecule has 3 saturated heterocycles. The Morgan fingerprint density at radius 3 is 1.39 bits per heavy atom. The van der Waals surface area contributed by atoms with Crippen LogP contribution in [0.1, 0.15) is 19.3 Å². The smallest absolute Gasteiger partial charge is 0.152 e. The zero-order chi connectivity index (χ0) is 17.1. The maximum absolute atomic E-state index is 10.8. The molecule has 7 heteroatoms. The number of hydrogen-bond acceptors (Lipinski definition) is 6. The van der Waals surface area contributed by atoms with Gasteiger partial charge in [0.15, 0.2) is 9.84 Å². The molecule has 5 nitrogen and oxygen atoms in total. The van der Waals surface area contributed by atoms with Gasteiger partial charge in [-0.25, -0.2) is 8.42 Å². The molecular weight excluding hydrogens is 330 g/mol. The summed E-state index contributed by atoms with van der Waals surface area (Å²) in [5, 5.41) is 0. The van der Waals surface area contributed by atoms with E-state index in [0.717, 1.165) is 0 Å². The fourth-order valence-corrected chi connectivity index (χ4v) is 4.98. The Labute approximate surface area is 147 Å². The van der Waals surface area contributed by atoms with Crippen LogP contribution in [0.25, 0.3) is 0 Å². The highest BCUT2D eigenvalue weighted by molar-refractivity contribution is 7.99. The Bertz CT molecular complexity index is 362. The molecule has 0 amide bonds. The first-order chi connectivity index (χ1) is 10.9. The third-order valence-corrected chi connectivity index (χ3v) is 6.93. The van der Waals surface area contributed by atoms with Gasteiger partial charge >= 0.3 is 0 Å². The van der Waals surface area contributed by atoms with Crippen LogP contribution in [0.15, 0.2) is 0 Å². The molecule has 23 heavy (non-hydrogen) atoms. The summed E-state index contributed by atoms with van der Waals surface area (Å²) in [4.78, 5) is 6.79. The van der Waals surface area contributed by atoms with Gasteiger partial charge in [-0.2, -0.15) is 11.8 Å². The van der Waals surface area contributed by atoms with Crippen LogP contribution in [0.2, 0.25) is 0 Å². The molecule has 138 valence electrons. The van der Waals surface area contributed by atoms with Crippen LogP contribution >= 0.6 is 11.8 Å². The van der Waals surface area contributed by atoms with Crippen molar-refractivity contribution >= 4 is 21.6 Å². The molecule has 3 fully saturated rings. The minimum absolute atomic E-state index is 0.337. The standard InChI is InChI=1S/C6H13N.C5H11NO2S.C5H11NS/c1-7-5-3-2-4-6-7;1-6-2-4-9(7,8)5-3-6;1-6-2-4-7-5-3-6/h2-6H2,1H3;2-5H2,1H3;2-5H2,1H3. The third-order valence-electron chi connectivity index (χ3n) is 4.38. The van der Waals surface area contributed by atoms with Crippen LogP contribution in [0.4, 0.5) is 0 Å². The Hall–Kier alpha value is 0.180. The zero-order valence-electron chi connectivity index (χ0n) is 15.2. The Morgan fingerprint density at radius 2 is 1.09 bits per heavy atom. The lowest BCUT2D eigenvalue weighted by Crippen LogP contribution is -2.37. The highest BCUT2D eigenvalue weighted by atomic mass is 32.2. The number of likely N-dealkylation sites (tertiary alicyclic amines) is 1. The quantitative estimate of drug-likeness (QED) is 0.641. The average Bonchev–Trinajstić information content (AvgIpc) is 2.53. The van der Waals surface area contributed by atoms with E-state index in [2.05, 4.69) is 35.7 Å². The van der Waals surface area contributed by atoms with Gasteiger partial charge in [0, 0.05) is 37.7 Å². The molecule has 0 aromatic carbocycles. The van der Waals surface area contributed by atoms with Crippen LogP contribution < -0.4 is 0 Å². The highest BCUT2D eigenvalue weighted by Crippen LogP contribution is 2.06. The molecule has 3 aliphatic heterocycles. The molecule has 0 spiro atoms. The van der Waals surface area contributed by atoms with E-state index in [1.165, 1.54) is 56.9 Å². The van der Waals surface area contributed by atoms with Gasteiger partial charge in [0.05, 0.1) is 11.5 Å². The largest absolute Gasteiger partial charge is 0.306 e. The molecule has 0 radical (unpaired) electrons. The SMILES string of the molecule is CN1CCCCC1.CN1CCS(=O)(=O)CC1.CN1CCSCC1. The summed E-state index contributed by atoms with van der Waals surface area (Å²) in [6.45, 7) is 6.60. The number of rotatable bonds is 0. The summed E-state index contributed by atoms with van der Waals surface area (Å²) in [7, 11) is 3.66. The third kappa shape index (κ3) is 11.4. The van der Waals surface area contributed by atoms with Crippen molar-refractivity contribution in [3.05, 3.63) is 0 Å². The van der Waals surface area contributed by atoms with E-state index in [0.29, 0.717) is 24.6 Å². The van der Waals surface area contributed by atoms with Crippen molar-refractivity contribution in [2.24, 2.45) is 0 Å². The van der Waals surface area contributed by atoms with Crippen molar-refractivity contribution in [1.82, 2.24) is 14.7 Å². The second kappa shape index (κ2) is 11.7. The van der Waals surface area contributed by atoms with Crippen molar-refractivity contribution in [2.45, 2.75) is 19.3 Å². The Kier molecular flexibility index (Phi) is 10.8. The summed E-state index contributed by atoms with van der Waals surface area (Å²) in [6, 6.07) is 0. The van der Waals surface area contributed by atoms with Gasteiger partial charge < -0.3 is 14.7 Å². The maximum Gasteiger partial charge on any atom is 0.152 e. The molecule has 0 bridgehead atoms. The predicted octanol–water partition coefficient (Wildman–Crippen LogP) is 1.11. The lowest BCUT2D eigenvalue weighted by atomic mass is 10.1. The first kappa shape index (κ1) is 21.2. The van der Waals surface area contributed by atoms with Crippen LogP contribution in [-0.4, -0.2) is 107 Å². The van der Waals surface area contributed by atoms with Crippen molar-refractivity contribution in [3.8, 4) is 0 Å². The predicted molar refractivity (Wildman–Crippen MR) is 102 cm³/mol. The molecule has 3 aliphatic rings. The normalized spacial score (nSPS) is 26.4. The second-order valence-corrected chi connectivity index (χ2v) is 10.3. The zero-order valence-corrected chi connectivity index (χ0v) is 16.8. The number of nitrogens with zero attached hydrogens (tertiary/aromatic N) is 3. The van der Waals surface area contributed by atoms with Crippen LogP contribution in [0, 0.1) is 0 Å². The molecule has 0 unspecified atom stereocenters. The van der Waals surface area contributed by atoms with E-state index in [-0.39, 0.29) is 0 Å². The van der Waals surface area contributed by atoms with E-state index >= 15 is 0 Å². The summed E-state index contributed by atoms with van der Waals surface area (Å²) in [6.07, 6.45) is 4.28. The van der Waals surface area contributed by atoms with Crippen molar-refractivity contribution in [3.63, 3.8) is 0 Å². The molecule has 0 saturated carbocycles. The molecule has 0 aliphatic carbocycles. The van der Waals surface area contributed by atoms with E-state index in [1.807, 2.05) is 11.9 Å². The fourth-order valence-electron chi connectivity index (χ4n) is 2.51. The average molecular weight is 366 g/mol. The lowest BCUT2D eigenvalue weighted by molar-refractivity contribution is 0.277. The fraction of sp³-hybridized carbons (Fsp3) is 1.00. The summed E-state index contributed by atoms with van der Waals surface area (Å²) in [5.41, 5.74) is 0. The number of hydrogen-bond donors (Lipinski definition) is 0. The Balaban J connectivity index is 0.000000175. The molecule has 0 N–H and O–H groups in total. The topological polar surface area (TPSA) is 43.9 Å². The van der Waals surface area contributed by atoms with Crippen LogP contribution in [0.5, 0.6) is 0 Å². The van der Waals surface area contributed by atoms with Gasteiger partial charge in [0.25, 0.3) is 0 Å². The molecule has 3 heterocycles. The molecule has 0 aromatic heterocycles. The molecule has 3 rings (SSSR count). The number of sulfone groups is 1. The van der Waals surface area contributed by atoms with Gasteiger partial charge in [0.1, 0.15) is 0 Å². The highest BCUT2D eigenvalue weighted by Gasteiger charge is 2.18. The van der Waals surface area contributed by atoms with E-state index < -0.39 is 9.84 Å². The van der Waals surface area contributed by atoms with Gasteiger partial charge in [-0.1, -0.05) is 6.42 Å². The first-order valence-electron chi connectivity index (χ1n) is 8.73. The van der Waals surface area contributed by atoms with Crippen molar-refractivity contribution in [1.29, 1.82) is 0 Å². The van der Waals surface area contributed by atoms with Gasteiger partial charge in [0.2, 0.25) is 0 Å². The Morgan fingerprint density at radius 1 is 0.652 bits per heavy atom. The summed E-state index contributed by atoms with van der Waals surface area (Å²) < 4.78 is 21.5. The maximum atomic E-state index is 10.8. The summed E-state index contributed by atoms with van der Waals surface area (Å²) in [5.74, 6) is 3.33. The first-order valence-corrected chi connectivity index (χ1v) is 11.7. The second-order valence-electron chi connectivity index (χ2n) is 6.73. The number of thioether (sulfide) groups is 1. The van der Waals surface area contributed by atoms with Crippen molar-refractivity contribution in [2.75, 3.05) is 83.4 Å². The summed E-state index contributed by atoms with van der Waals surface area (Å²) >= 11 is 2.06. The minimum Gasteiger partial charge on any atom is -0.306 e. The monoisotopic (exact) mass is 365 g/mol. The number of piperidine rings is 1. The van der Waals surface area contributed by atoms with Gasteiger partial charge in [-0.3, -0.25) is 0 Å². The van der Waals surface area contributed by atoms with Crippen LogP contribution in [-0.2, 0) is 9.84 Å².